The van der Waals surface area contributed by atoms with Crippen LogP contribution in [-0.4, -0.2) is 51.0 Å². The van der Waals surface area contributed by atoms with Crippen molar-refractivity contribution < 1.29 is 23.3 Å². The van der Waals surface area contributed by atoms with Gasteiger partial charge in [0.2, 0.25) is 0 Å². The molecule has 0 bridgehead atoms. The zero-order chi connectivity index (χ0) is 31.1. The molecule has 1 amide bonds. The van der Waals surface area contributed by atoms with Gasteiger partial charge in [0.15, 0.2) is 5.41 Å². The Bertz CT molecular complexity index is 1750. The van der Waals surface area contributed by atoms with Crippen LogP contribution in [0.2, 0.25) is 0 Å². The van der Waals surface area contributed by atoms with Crippen molar-refractivity contribution in [3.8, 4) is 23.4 Å². The van der Waals surface area contributed by atoms with Gasteiger partial charge in [-0.2, -0.15) is 10.5 Å². The maximum Gasteiger partial charge on any atom is 0.442 e. The first-order chi connectivity index (χ1) is 19.5. The van der Waals surface area contributed by atoms with E-state index in [4.69, 9.17) is 9.47 Å². The number of hydrogen-bond acceptors (Lipinski definition) is 8. The van der Waals surface area contributed by atoms with Gasteiger partial charge >= 0.3 is 12.2 Å². The summed E-state index contributed by atoms with van der Waals surface area (Å²) in [6.07, 6.45) is -1.53. The summed E-state index contributed by atoms with van der Waals surface area (Å²) in [5.74, 6) is 0.0375. The van der Waals surface area contributed by atoms with Gasteiger partial charge in [0, 0.05) is 27.3 Å². The van der Waals surface area contributed by atoms with Gasteiger partial charge in [-0.1, -0.05) is 25.1 Å². The molecular weight excluding hydrogens is 554 g/mol. The van der Waals surface area contributed by atoms with Gasteiger partial charge in [-0.15, -0.1) is 4.36 Å². The lowest BCUT2D eigenvalue weighted by Crippen LogP contribution is -2.55. The van der Waals surface area contributed by atoms with E-state index in [-0.39, 0.29) is 23.7 Å². The lowest BCUT2D eigenvalue weighted by Gasteiger charge is -2.43. The molecule has 2 heterocycles. The third kappa shape index (κ3) is 6.12. The average molecular weight is 590 g/mol. The molecule has 10 nitrogen and oxygen atoms in total. The predicted molar refractivity (Wildman–Crippen MR) is 160 cm³/mol. The lowest BCUT2D eigenvalue weighted by atomic mass is 9.82. The molecule has 1 atom stereocenters. The second kappa shape index (κ2) is 10.8. The molecule has 1 saturated heterocycles. The quantitative estimate of drug-likeness (QED) is 0.327. The van der Waals surface area contributed by atoms with E-state index in [2.05, 4.69) is 16.5 Å². The highest BCUT2D eigenvalue weighted by atomic mass is 32.2. The minimum Gasteiger partial charge on any atom is -0.443 e. The summed E-state index contributed by atoms with van der Waals surface area (Å²) in [6, 6.07) is 18.4. The summed E-state index contributed by atoms with van der Waals surface area (Å²) >= 11 is 0. The molecule has 1 aromatic heterocycles. The van der Waals surface area contributed by atoms with Crippen molar-refractivity contribution in [3.05, 3.63) is 48.5 Å². The Balaban J connectivity index is 1.97. The fraction of sp³-hybridized carbons (Fsp3) is 0.419. The topological polar surface area (TPSA) is 138 Å². The Hall–Kier alpha value is -4.35. The molecule has 0 radical (unpaired) electrons. The standard InChI is InChI=1S/C31H35N5O5S/c1-8-42(39,34-27(37)40-29(2,3)4)22-13-14-25(35-19-31(17-32,18-33)20-35)23(16-22)26-15-21-11-9-10-12-24(21)36(26)28(38)41-30(5,6)7/h9-16H,8,19-20H2,1-7H3. The van der Waals surface area contributed by atoms with Crippen LogP contribution in [0.4, 0.5) is 15.3 Å². The first kappa shape index (κ1) is 30.6. The van der Waals surface area contributed by atoms with E-state index < -0.39 is 38.5 Å². The third-order valence-electron chi connectivity index (χ3n) is 6.60. The van der Waals surface area contributed by atoms with Gasteiger partial charge in [0.1, 0.15) is 11.2 Å². The van der Waals surface area contributed by atoms with Crippen LogP contribution in [0, 0.1) is 28.1 Å². The van der Waals surface area contributed by atoms with E-state index in [1.165, 1.54) is 4.57 Å². The number of amides is 1. The summed E-state index contributed by atoms with van der Waals surface area (Å²) in [4.78, 5) is 28.4. The number of carbonyl (C=O) groups is 2. The van der Waals surface area contributed by atoms with Crippen LogP contribution in [-0.2, 0) is 19.2 Å². The maximum atomic E-state index is 14.1. The molecule has 11 heteroatoms. The monoisotopic (exact) mass is 589 g/mol. The van der Waals surface area contributed by atoms with E-state index >= 15 is 0 Å². The number of rotatable bonds is 4. The van der Waals surface area contributed by atoms with Crippen molar-refractivity contribution in [2.24, 2.45) is 9.78 Å². The smallest absolute Gasteiger partial charge is 0.442 e. The number of hydrogen-bond donors (Lipinski definition) is 0. The molecule has 2 aromatic carbocycles. The second-order valence-electron chi connectivity index (χ2n) is 12.2. The Morgan fingerprint density at radius 1 is 0.976 bits per heavy atom. The van der Waals surface area contributed by atoms with Gasteiger partial charge in [0.25, 0.3) is 0 Å². The van der Waals surface area contributed by atoms with E-state index in [1.54, 1.807) is 72.7 Å². The minimum absolute atomic E-state index is 0.0375. The summed E-state index contributed by atoms with van der Waals surface area (Å²) in [7, 11) is -3.26. The molecule has 0 N–H and O–H groups in total. The summed E-state index contributed by atoms with van der Waals surface area (Å²) in [5.41, 5.74) is -0.532. The van der Waals surface area contributed by atoms with Crippen LogP contribution >= 0.6 is 0 Å². The summed E-state index contributed by atoms with van der Waals surface area (Å²) in [5, 5.41) is 20.0. The molecule has 3 aromatic rings. The third-order valence-corrected chi connectivity index (χ3v) is 8.81. The zero-order valence-corrected chi connectivity index (χ0v) is 25.7. The molecule has 0 spiro atoms. The highest BCUT2D eigenvalue weighted by Gasteiger charge is 2.45. The van der Waals surface area contributed by atoms with Crippen LogP contribution in [0.5, 0.6) is 0 Å². The molecular formula is C31H35N5O5S. The summed E-state index contributed by atoms with van der Waals surface area (Å²) < 4.78 is 30.7. The molecule has 1 aliphatic heterocycles. The normalized spacial score (nSPS) is 16.0. The maximum absolute atomic E-state index is 14.1. The molecule has 1 unspecified atom stereocenters. The fourth-order valence-electron chi connectivity index (χ4n) is 4.68. The van der Waals surface area contributed by atoms with Crippen molar-refractivity contribution in [3.63, 3.8) is 0 Å². The first-order valence-corrected chi connectivity index (χ1v) is 15.3. The Morgan fingerprint density at radius 3 is 2.17 bits per heavy atom. The Kier molecular flexibility index (Phi) is 7.88. The number of nitrogens with zero attached hydrogens (tertiary/aromatic N) is 5. The molecule has 0 aliphatic carbocycles. The SMILES string of the molecule is CCS(=O)(=NC(=O)OC(C)(C)C)c1ccc(N2CC(C#N)(C#N)C2)c(-c2cc3ccccc3n2C(=O)OC(C)(C)C)c1. The average Bonchev–Trinajstić information content (AvgIpc) is 3.26. The minimum atomic E-state index is -3.26. The van der Waals surface area contributed by atoms with Crippen LogP contribution < -0.4 is 4.90 Å². The van der Waals surface area contributed by atoms with Crippen molar-refractivity contribution >= 4 is 38.5 Å². The van der Waals surface area contributed by atoms with Gasteiger partial charge < -0.3 is 14.4 Å². The van der Waals surface area contributed by atoms with E-state index in [9.17, 15) is 24.3 Å². The molecule has 1 fully saturated rings. The van der Waals surface area contributed by atoms with Crippen LogP contribution in [0.25, 0.3) is 22.2 Å². The highest BCUT2D eigenvalue weighted by molar-refractivity contribution is 7.93. The van der Waals surface area contributed by atoms with Gasteiger partial charge in [-0.05, 0) is 71.9 Å². The number of carbonyl (C=O) groups excluding carboxylic acids is 2. The first-order valence-electron chi connectivity index (χ1n) is 13.6. The number of anilines is 1. The number of para-hydroxylation sites is 1. The Labute approximate surface area is 246 Å². The summed E-state index contributed by atoms with van der Waals surface area (Å²) in [6.45, 7) is 12.4. The van der Waals surface area contributed by atoms with E-state index in [1.807, 2.05) is 29.2 Å². The second-order valence-corrected chi connectivity index (χ2v) is 14.8. The highest BCUT2D eigenvalue weighted by Crippen LogP contribution is 2.42. The van der Waals surface area contributed by atoms with Gasteiger partial charge in [-0.3, -0.25) is 0 Å². The predicted octanol–water partition coefficient (Wildman–Crippen LogP) is 6.73. The molecule has 220 valence electrons. The number of ether oxygens (including phenoxy) is 2. The van der Waals surface area contributed by atoms with Crippen LogP contribution in [0.1, 0.15) is 48.5 Å². The van der Waals surface area contributed by atoms with Crippen molar-refractivity contribution in [1.29, 1.82) is 10.5 Å². The number of fused-ring (bicyclic) bond motifs is 1. The van der Waals surface area contributed by atoms with E-state index in [0.717, 1.165) is 5.39 Å². The number of benzene rings is 2. The van der Waals surface area contributed by atoms with Crippen molar-refractivity contribution in [2.45, 2.75) is 64.6 Å². The zero-order valence-electron chi connectivity index (χ0n) is 24.9. The molecule has 0 saturated carbocycles. The Morgan fingerprint density at radius 2 is 1.60 bits per heavy atom. The van der Waals surface area contributed by atoms with Crippen LogP contribution in [0.3, 0.4) is 0 Å². The lowest BCUT2D eigenvalue weighted by molar-refractivity contribution is 0.0545. The number of nitriles is 2. The van der Waals surface area contributed by atoms with Gasteiger partial charge in [-0.25, -0.2) is 18.4 Å². The van der Waals surface area contributed by atoms with Crippen LogP contribution in [0.15, 0.2) is 57.8 Å². The molecule has 1 aliphatic rings. The van der Waals surface area contributed by atoms with Gasteiger partial charge in [0.05, 0.1) is 46.2 Å². The van der Waals surface area contributed by atoms with E-state index in [0.29, 0.717) is 22.5 Å². The largest absolute Gasteiger partial charge is 0.443 e. The van der Waals surface area contributed by atoms with Crippen molar-refractivity contribution in [2.75, 3.05) is 23.7 Å². The fourth-order valence-corrected chi connectivity index (χ4v) is 6.11. The molecule has 4 rings (SSSR count). The van der Waals surface area contributed by atoms with Crippen molar-refractivity contribution in [1.82, 2.24) is 4.57 Å². The molecule has 42 heavy (non-hydrogen) atoms. The number of aromatic nitrogens is 1.